The zero-order valence-corrected chi connectivity index (χ0v) is 22.5. The van der Waals surface area contributed by atoms with E-state index in [0.29, 0.717) is 18.1 Å². The maximum Gasteiger partial charge on any atom is 0.328 e. The highest BCUT2D eigenvalue weighted by Gasteiger charge is 2.40. The molecule has 0 saturated carbocycles. The molecule has 1 unspecified atom stereocenters. The number of ether oxygens (including phenoxy) is 1. The summed E-state index contributed by atoms with van der Waals surface area (Å²) in [6.07, 6.45) is 1.62. The molecule has 1 atom stereocenters. The van der Waals surface area contributed by atoms with Crippen molar-refractivity contribution in [2.45, 2.75) is 19.9 Å². The third-order valence-electron chi connectivity index (χ3n) is 6.29. The van der Waals surface area contributed by atoms with Crippen LogP contribution in [-0.4, -0.2) is 70.4 Å². The molecule has 0 spiro atoms. The summed E-state index contributed by atoms with van der Waals surface area (Å²) in [6.45, 7) is 5.86. The summed E-state index contributed by atoms with van der Waals surface area (Å²) >= 11 is 5.54. The van der Waals surface area contributed by atoms with E-state index in [-0.39, 0.29) is 18.5 Å². The highest BCUT2D eigenvalue weighted by molar-refractivity contribution is 9.10. The number of anilines is 1. The summed E-state index contributed by atoms with van der Waals surface area (Å²) in [6, 6.07) is 8.65. The molecule has 2 aromatic carbocycles. The predicted octanol–water partition coefficient (Wildman–Crippen LogP) is 4.28. The normalized spacial score (nSPS) is 19.2. The average Bonchev–Trinajstić information content (AvgIpc) is 3.48. The number of hydrogen-bond donors (Lipinski definition) is 2. The number of aliphatic imine (C=N–C) groups is 1. The highest BCUT2D eigenvalue weighted by atomic mass is 79.9. The summed E-state index contributed by atoms with van der Waals surface area (Å²) in [5, 5.41) is 2.92. The number of nitrogens with one attached hydrogen (secondary N) is 2. The van der Waals surface area contributed by atoms with Gasteiger partial charge in [-0.25, -0.2) is 9.78 Å². The third-order valence-corrected chi connectivity index (χ3v) is 7.92. The minimum Gasteiger partial charge on any atom is -0.494 e. The molecule has 188 valence electrons. The van der Waals surface area contributed by atoms with Crippen LogP contribution in [0, 0.1) is 6.92 Å². The van der Waals surface area contributed by atoms with Gasteiger partial charge in [0.25, 0.3) is 0 Å². The molecular weight excluding hydrogens is 544 g/mol. The Morgan fingerprint density at radius 3 is 2.86 bits per heavy atom. The monoisotopic (exact) mass is 570 g/mol. The minimum absolute atomic E-state index is 0.0218. The maximum atomic E-state index is 13.3. The lowest BCUT2D eigenvalue weighted by Crippen LogP contribution is -2.39. The molecule has 3 aromatic rings. The number of carbonyl (C=O) groups excluding carboxylic acids is 2. The number of thioether (sulfide) groups is 1. The number of halogens is 1. The Bertz CT molecular complexity index is 1340. The van der Waals surface area contributed by atoms with E-state index < -0.39 is 6.04 Å². The average molecular weight is 572 g/mol. The molecular formula is C25H27BrN6O3S. The van der Waals surface area contributed by atoms with Crippen molar-refractivity contribution >= 4 is 62.2 Å². The fraction of sp³-hybridized carbons (Fsp3) is 0.360. The number of H-pyrrole nitrogens is 1. The Balaban J connectivity index is 1.56. The lowest BCUT2D eigenvalue weighted by Gasteiger charge is -2.26. The Kier molecular flexibility index (Phi) is 7.20. The summed E-state index contributed by atoms with van der Waals surface area (Å²) in [5.74, 6) is 2.99. The lowest BCUT2D eigenvalue weighted by molar-refractivity contribution is -0.129. The number of amides is 3. The van der Waals surface area contributed by atoms with Crippen molar-refractivity contribution in [1.29, 1.82) is 0 Å². The van der Waals surface area contributed by atoms with Crippen LogP contribution in [0.3, 0.4) is 0 Å². The summed E-state index contributed by atoms with van der Waals surface area (Å²) in [4.78, 5) is 41.7. The van der Waals surface area contributed by atoms with Crippen LogP contribution in [0.5, 0.6) is 5.75 Å². The third kappa shape index (κ3) is 4.81. The molecule has 2 aliphatic rings. The Morgan fingerprint density at radius 2 is 2.08 bits per heavy atom. The number of nitrogens with zero attached hydrogens (tertiary/aromatic N) is 4. The second-order valence-corrected chi connectivity index (χ2v) is 10.7. The molecule has 2 N–H and O–H groups in total. The zero-order valence-electron chi connectivity index (χ0n) is 20.1. The number of urea groups is 1. The number of aryl methyl sites for hydroxylation is 1. The van der Waals surface area contributed by atoms with Crippen molar-refractivity contribution in [3.05, 3.63) is 52.3 Å². The van der Waals surface area contributed by atoms with Gasteiger partial charge in [-0.2, -0.15) is 11.8 Å². The molecule has 5 rings (SSSR count). The van der Waals surface area contributed by atoms with Crippen LogP contribution >= 0.6 is 27.7 Å². The maximum absolute atomic E-state index is 13.3. The van der Waals surface area contributed by atoms with Gasteiger partial charge >= 0.3 is 6.03 Å². The van der Waals surface area contributed by atoms with Crippen LogP contribution in [0.1, 0.15) is 24.1 Å². The summed E-state index contributed by atoms with van der Waals surface area (Å²) in [7, 11) is 0. The van der Waals surface area contributed by atoms with Crippen molar-refractivity contribution in [2.24, 2.45) is 4.99 Å². The standard InChI is InChI=1S/C25H27BrN6O3S/c1-3-35-21-12-17(18(26)10-15(21)2)23-24(27-13-22(33)31-6-8-36-9-7-31)30-25(34)32(23)16-4-5-19-20(11-16)29-14-28-19/h4-5,10-12,14,23H,3,6-9,13H2,1-2H3,(H,28,29)(H,27,30,34). The van der Waals surface area contributed by atoms with Crippen molar-refractivity contribution in [2.75, 3.05) is 42.6 Å². The van der Waals surface area contributed by atoms with E-state index in [1.165, 1.54) is 0 Å². The first-order chi connectivity index (χ1) is 17.5. The van der Waals surface area contributed by atoms with Gasteiger partial charge in [0.05, 0.1) is 24.0 Å². The molecule has 0 bridgehead atoms. The van der Waals surface area contributed by atoms with E-state index in [0.717, 1.165) is 57.0 Å². The van der Waals surface area contributed by atoms with E-state index in [9.17, 15) is 9.59 Å². The summed E-state index contributed by atoms with van der Waals surface area (Å²) in [5.41, 5.74) is 4.11. The van der Waals surface area contributed by atoms with Crippen LogP contribution in [0.4, 0.5) is 10.5 Å². The van der Waals surface area contributed by atoms with Gasteiger partial charge in [0.2, 0.25) is 5.91 Å². The van der Waals surface area contributed by atoms with Gasteiger partial charge in [-0.15, -0.1) is 0 Å². The summed E-state index contributed by atoms with van der Waals surface area (Å²) < 4.78 is 6.68. The fourth-order valence-corrected chi connectivity index (χ4v) is 6.06. The smallest absolute Gasteiger partial charge is 0.328 e. The van der Waals surface area contributed by atoms with Crippen molar-refractivity contribution in [3.8, 4) is 5.75 Å². The molecule has 2 aliphatic heterocycles. The molecule has 36 heavy (non-hydrogen) atoms. The molecule has 2 fully saturated rings. The van der Waals surface area contributed by atoms with Gasteiger partial charge in [-0.05, 0) is 49.7 Å². The van der Waals surface area contributed by atoms with Crippen LogP contribution in [0.15, 0.2) is 46.1 Å². The van der Waals surface area contributed by atoms with E-state index in [4.69, 9.17) is 4.74 Å². The Morgan fingerprint density at radius 1 is 1.28 bits per heavy atom. The Hall–Kier alpha value is -3.05. The van der Waals surface area contributed by atoms with Crippen molar-refractivity contribution < 1.29 is 14.3 Å². The van der Waals surface area contributed by atoms with E-state index >= 15 is 0 Å². The largest absolute Gasteiger partial charge is 0.494 e. The molecule has 1 aromatic heterocycles. The van der Waals surface area contributed by atoms with Crippen LogP contribution in [-0.2, 0) is 4.79 Å². The Labute approximate surface area is 221 Å². The fourth-order valence-electron chi connectivity index (χ4n) is 4.48. The van der Waals surface area contributed by atoms with Gasteiger partial charge in [0, 0.05) is 40.3 Å². The van der Waals surface area contributed by atoms with E-state index in [1.54, 1.807) is 11.2 Å². The molecule has 0 aliphatic carbocycles. The van der Waals surface area contributed by atoms with Crippen molar-refractivity contribution in [3.63, 3.8) is 0 Å². The number of aromatic nitrogens is 2. The molecule has 3 heterocycles. The number of carbonyl (C=O) groups is 2. The van der Waals surface area contributed by atoms with Crippen LogP contribution in [0.25, 0.3) is 11.0 Å². The number of rotatable bonds is 6. The van der Waals surface area contributed by atoms with Crippen LogP contribution < -0.4 is 15.0 Å². The quantitative estimate of drug-likeness (QED) is 0.460. The second-order valence-electron chi connectivity index (χ2n) is 8.57. The predicted molar refractivity (Wildman–Crippen MR) is 146 cm³/mol. The van der Waals surface area contributed by atoms with Gasteiger partial charge in [-0.3, -0.25) is 20.0 Å². The number of benzene rings is 2. The topological polar surface area (TPSA) is 103 Å². The number of fused-ring (bicyclic) bond motifs is 1. The van der Waals surface area contributed by atoms with Gasteiger partial charge in [0.15, 0.2) is 0 Å². The second kappa shape index (κ2) is 10.5. The number of aromatic amines is 1. The number of amidine groups is 1. The van der Waals surface area contributed by atoms with Gasteiger partial charge in [0.1, 0.15) is 24.2 Å². The molecule has 0 radical (unpaired) electrons. The zero-order chi connectivity index (χ0) is 25.2. The lowest BCUT2D eigenvalue weighted by atomic mass is 10.0. The molecule has 9 nitrogen and oxygen atoms in total. The SMILES string of the molecule is CCOc1cc(C2C(=NCC(=O)N3CCSCC3)NC(=O)N2c2ccc3nc[nH]c3c2)c(Br)cc1C. The van der Waals surface area contributed by atoms with E-state index in [1.807, 2.05) is 60.8 Å². The van der Waals surface area contributed by atoms with E-state index in [2.05, 4.69) is 36.2 Å². The highest BCUT2D eigenvalue weighted by Crippen LogP contribution is 2.39. The van der Waals surface area contributed by atoms with Gasteiger partial charge in [-0.1, -0.05) is 15.9 Å². The first-order valence-corrected chi connectivity index (χ1v) is 13.8. The minimum atomic E-state index is -0.572. The first kappa shape index (κ1) is 24.6. The molecule has 2 saturated heterocycles. The van der Waals surface area contributed by atoms with Crippen LogP contribution in [0.2, 0.25) is 0 Å². The first-order valence-electron chi connectivity index (χ1n) is 11.8. The van der Waals surface area contributed by atoms with Crippen molar-refractivity contribution in [1.82, 2.24) is 20.2 Å². The molecule has 3 amide bonds. The number of hydrogen-bond acceptors (Lipinski definition) is 6. The number of imidazole rings is 1. The van der Waals surface area contributed by atoms with Gasteiger partial charge < -0.3 is 14.6 Å². The molecule has 11 heteroatoms.